The second-order valence-corrected chi connectivity index (χ2v) is 7.21. The van der Waals surface area contributed by atoms with Crippen LogP contribution in [-0.2, 0) is 9.59 Å². The molecule has 1 saturated heterocycles. The molecule has 2 rings (SSSR count). The Labute approximate surface area is 162 Å². The number of carbonyl (C=O) groups excluding carboxylic acids is 2. The normalized spacial score (nSPS) is 16.9. The first-order valence-corrected chi connectivity index (χ1v) is 9.49. The van der Waals surface area contributed by atoms with Crippen LogP contribution in [0, 0.1) is 0 Å². The Morgan fingerprint density at radius 2 is 2.08 bits per heavy atom. The van der Waals surface area contributed by atoms with Gasteiger partial charge in [0.15, 0.2) is 11.5 Å². The minimum atomic E-state index is -1.35. The van der Waals surface area contributed by atoms with Crippen LogP contribution in [0.5, 0.6) is 11.5 Å². The molecule has 0 unspecified atom stereocenters. The van der Waals surface area contributed by atoms with Crippen LogP contribution in [0.25, 0.3) is 6.08 Å². The van der Waals surface area contributed by atoms with Crippen LogP contribution >= 0.6 is 24.0 Å². The van der Waals surface area contributed by atoms with Crippen molar-refractivity contribution >= 4 is 46.3 Å². The summed E-state index contributed by atoms with van der Waals surface area (Å²) >= 11 is 6.20. The number of benzene rings is 1. The predicted molar refractivity (Wildman–Crippen MR) is 103 cm³/mol. The molecule has 1 aromatic rings. The van der Waals surface area contributed by atoms with Crippen LogP contribution in [0.3, 0.4) is 0 Å². The molecule has 0 aromatic heterocycles. The van der Waals surface area contributed by atoms with Crippen molar-refractivity contribution in [2.45, 2.75) is 33.2 Å². The smallest absolute Gasteiger partial charge is 0.266 e. The van der Waals surface area contributed by atoms with Gasteiger partial charge in [0.05, 0.1) is 30.1 Å². The van der Waals surface area contributed by atoms with Gasteiger partial charge in [-0.1, -0.05) is 37.0 Å². The molecule has 1 aliphatic heterocycles. The van der Waals surface area contributed by atoms with E-state index in [0.29, 0.717) is 29.6 Å². The molecule has 26 heavy (non-hydrogen) atoms. The summed E-state index contributed by atoms with van der Waals surface area (Å²) in [7, 11) is 0. The van der Waals surface area contributed by atoms with Gasteiger partial charge >= 0.3 is 0 Å². The lowest BCUT2D eigenvalue weighted by atomic mass is 10.1. The monoisotopic (exact) mass is 394 g/mol. The molecule has 0 bridgehead atoms. The van der Waals surface area contributed by atoms with E-state index in [1.807, 2.05) is 19.9 Å². The average Bonchev–Trinajstić information content (AvgIpc) is 2.87. The highest BCUT2D eigenvalue weighted by Gasteiger charge is 2.35. The third-order valence-electron chi connectivity index (χ3n) is 3.58. The topological polar surface area (TPSA) is 78.9 Å². The molecule has 0 spiro atoms. The summed E-state index contributed by atoms with van der Waals surface area (Å²) in [6.07, 6.45) is 2.54. The summed E-state index contributed by atoms with van der Waals surface area (Å²) in [5, 5.41) is 11.1. The molecule has 140 valence electrons. The molecule has 0 radical (unpaired) electrons. The summed E-state index contributed by atoms with van der Waals surface area (Å²) < 4.78 is 11.5. The first kappa shape index (κ1) is 20.3. The highest BCUT2D eigenvalue weighted by atomic mass is 32.2. The molecule has 1 amide bonds. The summed E-state index contributed by atoms with van der Waals surface area (Å²) in [5.74, 6) is -0.558. The maximum Gasteiger partial charge on any atom is 0.266 e. The lowest BCUT2D eigenvalue weighted by molar-refractivity contribution is -0.309. The molecule has 1 aromatic carbocycles. The lowest BCUT2D eigenvalue weighted by Crippen LogP contribution is -2.48. The zero-order valence-electron chi connectivity index (χ0n) is 14.8. The van der Waals surface area contributed by atoms with Crippen molar-refractivity contribution in [1.29, 1.82) is 0 Å². The highest BCUT2D eigenvalue weighted by molar-refractivity contribution is 8.26. The van der Waals surface area contributed by atoms with E-state index in [1.165, 1.54) is 6.92 Å². The van der Waals surface area contributed by atoms with E-state index in [1.54, 1.807) is 18.2 Å². The molecule has 1 aliphatic rings. The number of carbonyl (C=O) groups is 2. The Morgan fingerprint density at radius 1 is 1.35 bits per heavy atom. The maximum absolute atomic E-state index is 12.5. The number of thioether (sulfide) groups is 1. The molecule has 0 saturated carbocycles. The number of ether oxygens (including phenoxy) is 2. The van der Waals surface area contributed by atoms with Gasteiger partial charge in [0.25, 0.3) is 5.91 Å². The Balaban J connectivity index is 2.28. The zero-order valence-corrected chi connectivity index (χ0v) is 16.4. The number of hydrogen-bond acceptors (Lipinski definition) is 7. The van der Waals surface area contributed by atoms with E-state index in [2.05, 4.69) is 0 Å². The minimum Gasteiger partial charge on any atom is -0.548 e. The van der Waals surface area contributed by atoms with E-state index >= 15 is 0 Å². The van der Waals surface area contributed by atoms with Gasteiger partial charge in [0.2, 0.25) is 0 Å². The number of amides is 1. The number of rotatable bonds is 8. The Kier molecular flexibility index (Phi) is 7.05. The van der Waals surface area contributed by atoms with E-state index < -0.39 is 17.9 Å². The summed E-state index contributed by atoms with van der Waals surface area (Å²) in [5.41, 5.74) is 0.735. The van der Waals surface area contributed by atoms with Crippen molar-refractivity contribution in [1.82, 2.24) is 4.90 Å². The number of carboxylic acid groups (broad SMARTS) is 1. The van der Waals surface area contributed by atoms with E-state index in [9.17, 15) is 14.7 Å². The first-order chi connectivity index (χ1) is 12.4. The van der Waals surface area contributed by atoms with Crippen LogP contribution < -0.4 is 14.6 Å². The standard InChI is InChI=1S/C18H21NO5S2/c1-4-8-24-13-7-6-12(9-14(13)23-5-2)10-15-16(20)19(18(25)26-15)11(3)17(21)22/h6-7,9-11H,4-5,8H2,1-3H3,(H,21,22)/p-1/b15-10+/t11-/m1/s1. The number of aliphatic carboxylic acids is 1. The number of thiocarbonyl (C=S) groups is 1. The third kappa shape index (κ3) is 4.56. The van der Waals surface area contributed by atoms with Crippen molar-refractivity contribution in [2.75, 3.05) is 13.2 Å². The summed E-state index contributed by atoms with van der Waals surface area (Å²) in [6, 6.07) is 4.26. The maximum atomic E-state index is 12.5. The van der Waals surface area contributed by atoms with Crippen LogP contribution in [0.4, 0.5) is 0 Å². The van der Waals surface area contributed by atoms with Gasteiger partial charge in [-0.3, -0.25) is 9.69 Å². The van der Waals surface area contributed by atoms with Gasteiger partial charge in [-0.2, -0.15) is 0 Å². The number of carboxylic acids is 1. The van der Waals surface area contributed by atoms with E-state index in [-0.39, 0.29) is 4.32 Å². The van der Waals surface area contributed by atoms with Crippen LogP contribution in [0.2, 0.25) is 0 Å². The fourth-order valence-electron chi connectivity index (χ4n) is 2.28. The van der Waals surface area contributed by atoms with Gasteiger partial charge in [-0.15, -0.1) is 0 Å². The fourth-order valence-corrected chi connectivity index (χ4v) is 3.70. The predicted octanol–water partition coefficient (Wildman–Crippen LogP) is 2.21. The van der Waals surface area contributed by atoms with E-state index in [0.717, 1.165) is 28.6 Å². The minimum absolute atomic E-state index is 0.200. The average molecular weight is 394 g/mol. The van der Waals surface area contributed by atoms with Crippen LogP contribution in [-0.4, -0.2) is 40.4 Å². The van der Waals surface area contributed by atoms with Crippen molar-refractivity contribution in [3.63, 3.8) is 0 Å². The summed E-state index contributed by atoms with van der Waals surface area (Å²) in [6.45, 7) is 6.33. The summed E-state index contributed by atoms with van der Waals surface area (Å²) in [4.78, 5) is 25.0. The van der Waals surface area contributed by atoms with Crippen molar-refractivity contribution < 1.29 is 24.2 Å². The molecule has 1 fully saturated rings. The van der Waals surface area contributed by atoms with Crippen LogP contribution in [0.1, 0.15) is 32.8 Å². The second kappa shape index (κ2) is 9.05. The third-order valence-corrected chi connectivity index (χ3v) is 4.91. The first-order valence-electron chi connectivity index (χ1n) is 8.26. The molecule has 0 aliphatic carbocycles. The molecule has 8 heteroatoms. The van der Waals surface area contributed by atoms with Crippen molar-refractivity contribution in [3.8, 4) is 11.5 Å². The Bertz CT molecular complexity index is 747. The fraction of sp³-hybridized carbons (Fsp3) is 0.389. The molecule has 1 heterocycles. The molecule has 6 nitrogen and oxygen atoms in total. The van der Waals surface area contributed by atoms with Gasteiger partial charge < -0.3 is 19.4 Å². The molecular formula is C18H20NO5S2-. The molecule has 0 N–H and O–H groups in total. The molecular weight excluding hydrogens is 374 g/mol. The van der Waals surface area contributed by atoms with Gasteiger partial charge in [-0.25, -0.2) is 0 Å². The lowest BCUT2D eigenvalue weighted by Gasteiger charge is -2.23. The van der Waals surface area contributed by atoms with Gasteiger partial charge in [0, 0.05) is 0 Å². The molecule has 1 atom stereocenters. The largest absolute Gasteiger partial charge is 0.548 e. The Morgan fingerprint density at radius 3 is 2.69 bits per heavy atom. The quantitative estimate of drug-likeness (QED) is 0.494. The van der Waals surface area contributed by atoms with Gasteiger partial charge in [-0.05, 0) is 44.0 Å². The SMILES string of the molecule is CCCOc1ccc(/C=C2/SC(=S)N([C@H](C)C(=O)[O-])C2=O)cc1OCC. The van der Waals surface area contributed by atoms with Gasteiger partial charge in [0.1, 0.15) is 4.32 Å². The van der Waals surface area contributed by atoms with Crippen molar-refractivity contribution in [3.05, 3.63) is 28.7 Å². The van der Waals surface area contributed by atoms with Crippen LogP contribution in [0.15, 0.2) is 23.1 Å². The number of nitrogens with zero attached hydrogens (tertiary/aromatic N) is 1. The zero-order chi connectivity index (χ0) is 19.3. The Hall–Kier alpha value is -2.06. The second-order valence-electron chi connectivity index (χ2n) is 5.53. The van der Waals surface area contributed by atoms with Crippen molar-refractivity contribution in [2.24, 2.45) is 0 Å². The van der Waals surface area contributed by atoms with E-state index in [4.69, 9.17) is 21.7 Å². The number of hydrogen-bond donors (Lipinski definition) is 0. The highest BCUT2D eigenvalue weighted by Crippen LogP contribution is 2.35.